The molecule has 12 N–H and O–H groups in total. The van der Waals surface area contributed by atoms with Gasteiger partial charge in [-0.3, -0.25) is 0 Å². The number of unbranched alkanes of at least 4 members (excludes halogenated alkanes) is 1. The Morgan fingerprint density at radius 2 is 1.00 bits per heavy atom. The highest BCUT2D eigenvalue weighted by Crippen LogP contribution is 2.03. The van der Waals surface area contributed by atoms with Crippen LogP contribution in [0, 0.1) is 0 Å². The summed E-state index contributed by atoms with van der Waals surface area (Å²) in [6.07, 6.45) is 0.647. The first-order valence-corrected chi connectivity index (χ1v) is 6.46. The van der Waals surface area contributed by atoms with Crippen LogP contribution in [0.4, 0.5) is 0 Å². The molecule has 0 aliphatic carbocycles. The van der Waals surface area contributed by atoms with Crippen LogP contribution in [0.2, 0.25) is 0 Å². The number of hydrogen-bond acceptors (Lipinski definition) is 6. The smallest absolute Gasteiger partial charge is 0.335 e. The van der Waals surface area contributed by atoms with Gasteiger partial charge in [-0.05, 0) is 23.2 Å². The average molecular weight is 344 g/mol. The van der Waals surface area contributed by atoms with Gasteiger partial charge in [-0.1, -0.05) is 0 Å². The molecule has 0 aliphatic rings. The Bertz CT molecular complexity index is 510. The van der Waals surface area contributed by atoms with Crippen LogP contribution in [0.15, 0.2) is 20.3 Å². The highest BCUT2D eigenvalue weighted by molar-refractivity contribution is 5.93. The minimum absolute atomic E-state index is 0.00864. The molecule has 0 aromatic carbocycles. The molecule has 0 amide bonds. The van der Waals surface area contributed by atoms with Gasteiger partial charge in [-0.25, -0.2) is 9.59 Å². The van der Waals surface area contributed by atoms with Crippen LogP contribution in [-0.2, 0) is 19.3 Å². The van der Waals surface area contributed by atoms with Crippen molar-refractivity contribution >= 4 is 35.8 Å². The predicted octanol–water partition coefficient (Wildman–Crippen LogP) is -3.36. The highest BCUT2D eigenvalue weighted by atomic mass is 16.7. The van der Waals surface area contributed by atoms with E-state index in [0.717, 1.165) is 0 Å². The molecule has 0 saturated carbocycles. The first-order chi connectivity index (χ1) is 11.2. The molecule has 14 nitrogen and oxygen atoms in total. The number of nitrogens with zero attached hydrogens (tertiary/aromatic N) is 4. The van der Waals surface area contributed by atoms with Gasteiger partial charge in [0.1, 0.15) is 0 Å². The van der Waals surface area contributed by atoms with E-state index in [2.05, 4.69) is 30.0 Å². The number of carbonyl (C=O) groups is 2. The van der Waals surface area contributed by atoms with E-state index in [1.165, 1.54) is 0 Å². The SMILES string of the molecule is NC(N)=NC(N)=NOC(=O)CCCCC(=O)ON=C(N)N=C(N)N. The molecule has 0 radical (unpaired) electrons. The molecule has 0 bridgehead atoms. The Labute approximate surface area is 136 Å². The molecule has 0 atom stereocenters. The molecule has 0 unspecified atom stereocenters. The summed E-state index contributed by atoms with van der Waals surface area (Å²) in [7, 11) is 0. The largest absolute Gasteiger partial charge is 0.370 e. The van der Waals surface area contributed by atoms with E-state index >= 15 is 0 Å². The second-order valence-corrected chi connectivity index (χ2v) is 4.11. The van der Waals surface area contributed by atoms with Gasteiger partial charge in [-0.2, -0.15) is 9.98 Å². The van der Waals surface area contributed by atoms with Gasteiger partial charge < -0.3 is 44.1 Å². The van der Waals surface area contributed by atoms with Gasteiger partial charge in [0, 0.05) is 12.8 Å². The Balaban J connectivity index is 3.97. The van der Waals surface area contributed by atoms with Crippen molar-refractivity contribution < 1.29 is 19.3 Å². The molecular formula is C10H20N10O4. The first-order valence-electron chi connectivity index (χ1n) is 6.46. The summed E-state index contributed by atoms with van der Waals surface area (Å²) in [5, 5.41) is 6.38. The van der Waals surface area contributed by atoms with Crippen molar-refractivity contribution in [2.75, 3.05) is 0 Å². The van der Waals surface area contributed by atoms with Crippen LogP contribution in [-0.4, -0.2) is 35.8 Å². The van der Waals surface area contributed by atoms with E-state index in [-0.39, 0.29) is 24.8 Å². The molecule has 14 heteroatoms. The Morgan fingerprint density at radius 1 is 0.667 bits per heavy atom. The van der Waals surface area contributed by atoms with Crippen molar-refractivity contribution in [3.8, 4) is 0 Å². The Hall–Kier alpha value is -3.58. The van der Waals surface area contributed by atoms with Crippen LogP contribution in [0.25, 0.3) is 0 Å². The summed E-state index contributed by atoms with van der Waals surface area (Å²) in [6.45, 7) is 0. The van der Waals surface area contributed by atoms with E-state index < -0.39 is 23.9 Å². The number of carbonyl (C=O) groups excluding carboxylic acids is 2. The molecule has 134 valence electrons. The van der Waals surface area contributed by atoms with Crippen LogP contribution in [0.1, 0.15) is 25.7 Å². The quantitative estimate of drug-likeness (QED) is 0.0877. The summed E-state index contributed by atoms with van der Waals surface area (Å²) in [6, 6.07) is 0. The molecule has 0 aromatic heterocycles. The lowest BCUT2D eigenvalue weighted by molar-refractivity contribution is -0.145. The minimum atomic E-state index is -0.674. The molecular weight excluding hydrogens is 324 g/mol. The van der Waals surface area contributed by atoms with Crippen molar-refractivity contribution in [1.82, 2.24) is 0 Å². The van der Waals surface area contributed by atoms with E-state index in [1.54, 1.807) is 0 Å². The standard InChI is InChI=1S/C10H20N10O4/c11-7(12)17-9(15)19-23-5(21)3-1-2-4-6(22)24-20-10(16)18-8(13)14/h1-4H2,(H6,11,12,15,17,19)(H6,13,14,16,18,20). The zero-order chi connectivity index (χ0) is 18.5. The molecule has 0 aromatic rings. The minimum Gasteiger partial charge on any atom is -0.370 e. The topological polar surface area (TPSA) is 258 Å². The van der Waals surface area contributed by atoms with Crippen molar-refractivity contribution in [1.29, 1.82) is 0 Å². The van der Waals surface area contributed by atoms with Gasteiger partial charge in [0.25, 0.3) is 11.9 Å². The maximum Gasteiger partial charge on any atom is 0.335 e. The molecule has 0 aliphatic heterocycles. The maximum atomic E-state index is 11.3. The third-order valence-corrected chi connectivity index (χ3v) is 1.98. The average Bonchev–Trinajstić information content (AvgIpc) is 2.46. The summed E-state index contributed by atoms with van der Waals surface area (Å²) >= 11 is 0. The number of rotatable bonds is 7. The van der Waals surface area contributed by atoms with E-state index in [0.29, 0.717) is 12.8 Å². The van der Waals surface area contributed by atoms with Gasteiger partial charge in [0.2, 0.25) is 0 Å². The van der Waals surface area contributed by atoms with Gasteiger partial charge >= 0.3 is 11.9 Å². The second-order valence-electron chi connectivity index (χ2n) is 4.11. The van der Waals surface area contributed by atoms with Crippen LogP contribution in [0.3, 0.4) is 0 Å². The summed E-state index contributed by atoms with van der Waals surface area (Å²) < 4.78 is 0. The lowest BCUT2D eigenvalue weighted by Gasteiger charge is -2.00. The fourth-order valence-corrected chi connectivity index (χ4v) is 1.13. The Morgan fingerprint density at radius 3 is 1.29 bits per heavy atom. The third kappa shape index (κ3) is 12.2. The van der Waals surface area contributed by atoms with Gasteiger partial charge in [0.15, 0.2) is 11.9 Å². The fraction of sp³-hybridized carbons (Fsp3) is 0.400. The van der Waals surface area contributed by atoms with Crippen LogP contribution in [0.5, 0.6) is 0 Å². The monoisotopic (exact) mass is 344 g/mol. The number of oxime groups is 2. The maximum absolute atomic E-state index is 11.3. The van der Waals surface area contributed by atoms with E-state index in [1.807, 2.05) is 0 Å². The lowest BCUT2D eigenvalue weighted by Crippen LogP contribution is -2.26. The number of nitrogens with two attached hydrogens (primary N) is 6. The van der Waals surface area contributed by atoms with Crippen molar-refractivity contribution in [2.24, 2.45) is 54.7 Å². The number of aliphatic imine (C=N–C) groups is 2. The second kappa shape index (κ2) is 11.0. The third-order valence-electron chi connectivity index (χ3n) is 1.98. The van der Waals surface area contributed by atoms with Crippen molar-refractivity contribution in [2.45, 2.75) is 25.7 Å². The predicted molar refractivity (Wildman–Crippen MR) is 85.5 cm³/mol. The van der Waals surface area contributed by atoms with E-state index in [9.17, 15) is 9.59 Å². The molecule has 0 spiro atoms. The first kappa shape index (κ1) is 20.4. The summed E-state index contributed by atoms with van der Waals surface area (Å²) in [4.78, 5) is 38.2. The molecule has 0 rings (SSSR count). The van der Waals surface area contributed by atoms with Crippen LogP contribution >= 0.6 is 0 Å². The molecule has 0 heterocycles. The number of hydrogen-bond donors (Lipinski definition) is 6. The molecule has 0 saturated heterocycles. The summed E-state index contributed by atoms with van der Waals surface area (Å²) in [5.41, 5.74) is 30.6. The zero-order valence-electron chi connectivity index (χ0n) is 12.7. The molecule has 24 heavy (non-hydrogen) atoms. The normalized spacial score (nSPS) is 11.3. The molecule has 0 fully saturated rings. The lowest BCUT2D eigenvalue weighted by atomic mass is 10.2. The van der Waals surface area contributed by atoms with Crippen LogP contribution < -0.4 is 34.4 Å². The fourth-order valence-electron chi connectivity index (χ4n) is 1.13. The summed E-state index contributed by atoms with van der Waals surface area (Å²) in [5.74, 6) is -2.80. The van der Waals surface area contributed by atoms with Gasteiger partial charge in [0.05, 0.1) is 0 Å². The van der Waals surface area contributed by atoms with E-state index in [4.69, 9.17) is 34.4 Å². The Kier molecular flexibility index (Phi) is 9.40. The van der Waals surface area contributed by atoms with Crippen molar-refractivity contribution in [3.63, 3.8) is 0 Å². The van der Waals surface area contributed by atoms with Crippen molar-refractivity contribution in [3.05, 3.63) is 0 Å². The van der Waals surface area contributed by atoms with Gasteiger partial charge in [-0.15, -0.1) is 0 Å². The zero-order valence-corrected chi connectivity index (χ0v) is 12.7. The highest BCUT2D eigenvalue weighted by Gasteiger charge is 2.07. The number of guanidine groups is 4.